The Morgan fingerprint density at radius 1 is 1.20 bits per heavy atom. The van der Waals surface area contributed by atoms with Gasteiger partial charge in [0.1, 0.15) is 0 Å². The van der Waals surface area contributed by atoms with E-state index in [1.54, 1.807) is 12.1 Å². The Kier molecular flexibility index (Phi) is 7.09. The monoisotopic (exact) mass is 427 g/mol. The van der Waals surface area contributed by atoms with Crippen LogP contribution in [0.15, 0.2) is 12.1 Å². The van der Waals surface area contributed by atoms with Crippen LogP contribution in [0.1, 0.15) is 50.9 Å². The summed E-state index contributed by atoms with van der Waals surface area (Å²) < 4.78 is 0.799. The molecule has 0 aromatic heterocycles. The van der Waals surface area contributed by atoms with Gasteiger partial charge < -0.3 is 4.90 Å². The van der Waals surface area contributed by atoms with Crippen molar-refractivity contribution in [1.29, 1.82) is 0 Å². The molecular formula is C15H20Cl2INO. The summed E-state index contributed by atoms with van der Waals surface area (Å²) in [5.74, 6) is -0.0425. The zero-order chi connectivity index (χ0) is 15.4. The first-order chi connectivity index (χ1) is 9.33. The molecule has 1 aromatic rings. The number of nitrogens with zero attached hydrogens (tertiary/aromatic N) is 1. The van der Waals surface area contributed by atoms with Crippen LogP contribution in [-0.2, 0) is 0 Å². The molecule has 0 bridgehead atoms. The van der Waals surface area contributed by atoms with E-state index in [9.17, 15) is 4.79 Å². The van der Waals surface area contributed by atoms with Crippen molar-refractivity contribution in [1.82, 2.24) is 4.90 Å². The summed E-state index contributed by atoms with van der Waals surface area (Å²) in [6, 6.07) is 3.76. The Bertz CT molecular complexity index is 483. The highest BCUT2D eigenvalue weighted by Gasteiger charge is 2.27. The minimum absolute atomic E-state index is 0.0425. The van der Waals surface area contributed by atoms with Crippen LogP contribution >= 0.6 is 45.8 Å². The lowest BCUT2D eigenvalue weighted by Gasteiger charge is -2.34. The number of amides is 1. The van der Waals surface area contributed by atoms with E-state index in [4.69, 9.17) is 23.2 Å². The summed E-state index contributed by atoms with van der Waals surface area (Å²) in [5.41, 5.74) is 0.490. The van der Waals surface area contributed by atoms with Gasteiger partial charge in [0.25, 0.3) is 5.91 Å². The van der Waals surface area contributed by atoms with Crippen molar-refractivity contribution in [2.75, 3.05) is 0 Å². The lowest BCUT2D eigenvalue weighted by Crippen LogP contribution is -2.44. The molecule has 0 saturated carbocycles. The number of halogens is 3. The molecule has 2 atom stereocenters. The average Bonchev–Trinajstić information content (AvgIpc) is 2.42. The van der Waals surface area contributed by atoms with Crippen LogP contribution in [0.5, 0.6) is 0 Å². The predicted octanol–water partition coefficient (Wildman–Crippen LogP) is 5.64. The van der Waals surface area contributed by atoms with E-state index >= 15 is 0 Å². The number of hydrogen-bond donors (Lipinski definition) is 0. The molecule has 0 saturated heterocycles. The smallest absolute Gasteiger partial charge is 0.255 e. The Balaban J connectivity index is 3.25. The van der Waals surface area contributed by atoms with E-state index in [1.807, 2.05) is 4.90 Å². The summed E-state index contributed by atoms with van der Waals surface area (Å²) >= 11 is 14.4. The van der Waals surface area contributed by atoms with Crippen LogP contribution in [0, 0.1) is 3.57 Å². The maximum Gasteiger partial charge on any atom is 0.255 e. The highest BCUT2D eigenvalue weighted by Crippen LogP contribution is 2.29. The predicted molar refractivity (Wildman–Crippen MR) is 94.9 cm³/mol. The third-order valence-electron chi connectivity index (χ3n) is 3.59. The topological polar surface area (TPSA) is 20.3 Å². The van der Waals surface area contributed by atoms with Gasteiger partial charge in [-0.3, -0.25) is 4.79 Å². The van der Waals surface area contributed by atoms with Gasteiger partial charge in [0.2, 0.25) is 0 Å². The number of benzene rings is 1. The maximum atomic E-state index is 12.9. The number of rotatable bonds is 5. The van der Waals surface area contributed by atoms with Crippen molar-refractivity contribution in [2.45, 2.75) is 52.6 Å². The molecule has 0 aliphatic heterocycles. The van der Waals surface area contributed by atoms with E-state index in [2.05, 4.69) is 50.3 Å². The SMILES string of the molecule is CCC(C)N(C(=O)c1cc(Cl)cc(I)c1Cl)C(C)CC. The molecule has 0 aliphatic rings. The van der Waals surface area contributed by atoms with Gasteiger partial charge in [0.05, 0.1) is 10.6 Å². The van der Waals surface area contributed by atoms with Crippen molar-refractivity contribution in [3.8, 4) is 0 Å². The molecule has 0 radical (unpaired) electrons. The van der Waals surface area contributed by atoms with Gasteiger partial charge in [-0.2, -0.15) is 0 Å². The van der Waals surface area contributed by atoms with Gasteiger partial charge in [-0.25, -0.2) is 0 Å². The third-order valence-corrected chi connectivity index (χ3v) is 5.38. The molecular weight excluding hydrogens is 408 g/mol. The Morgan fingerprint density at radius 3 is 2.15 bits per heavy atom. The van der Waals surface area contributed by atoms with Crippen LogP contribution in [0.3, 0.4) is 0 Å². The van der Waals surface area contributed by atoms with Gasteiger partial charge in [0.15, 0.2) is 0 Å². The molecule has 1 rings (SSSR count). The molecule has 2 nitrogen and oxygen atoms in total. The fourth-order valence-corrected chi connectivity index (χ4v) is 3.30. The Hall–Kier alpha value is -0.000000000000000167. The number of carbonyl (C=O) groups excluding carboxylic acids is 1. The Morgan fingerprint density at radius 2 is 1.70 bits per heavy atom. The van der Waals surface area contributed by atoms with Gasteiger partial charge in [-0.15, -0.1) is 0 Å². The molecule has 1 amide bonds. The van der Waals surface area contributed by atoms with Crippen LogP contribution in [-0.4, -0.2) is 22.9 Å². The largest absolute Gasteiger partial charge is 0.333 e. The summed E-state index contributed by atoms with van der Waals surface area (Å²) in [4.78, 5) is 14.8. The van der Waals surface area contributed by atoms with Crippen LogP contribution in [0.25, 0.3) is 0 Å². The van der Waals surface area contributed by atoms with E-state index in [1.165, 1.54) is 0 Å². The molecule has 1 aromatic carbocycles. The molecule has 0 aliphatic carbocycles. The molecule has 0 heterocycles. The molecule has 112 valence electrons. The van der Waals surface area contributed by atoms with Crippen molar-refractivity contribution in [3.05, 3.63) is 31.3 Å². The first kappa shape index (κ1) is 18.1. The zero-order valence-electron chi connectivity index (χ0n) is 12.2. The second kappa shape index (κ2) is 7.85. The second-order valence-corrected chi connectivity index (χ2v) is 6.95. The second-order valence-electron chi connectivity index (χ2n) is 4.98. The lowest BCUT2D eigenvalue weighted by molar-refractivity contribution is 0.0598. The van der Waals surface area contributed by atoms with E-state index in [0.717, 1.165) is 16.4 Å². The van der Waals surface area contributed by atoms with Crippen LogP contribution in [0.4, 0.5) is 0 Å². The summed E-state index contributed by atoms with van der Waals surface area (Å²) in [7, 11) is 0. The van der Waals surface area contributed by atoms with Gasteiger partial charge in [0, 0.05) is 20.7 Å². The molecule has 2 unspecified atom stereocenters. The molecule has 0 fully saturated rings. The molecule has 20 heavy (non-hydrogen) atoms. The minimum atomic E-state index is -0.0425. The number of hydrogen-bond acceptors (Lipinski definition) is 1. The van der Waals surface area contributed by atoms with Gasteiger partial charge >= 0.3 is 0 Å². The van der Waals surface area contributed by atoms with E-state index in [0.29, 0.717) is 15.6 Å². The van der Waals surface area contributed by atoms with E-state index in [-0.39, 0.29) is 18.0 Å². The van der Waals surface area contributed by atoms with Crippen molar-refractivity contribution < 1.29 is 4.79 Å². The fourth-order valence-electron chi connectivity index (χ4n) is 2.08. The molecule has 0 spiro atoms. The summed E-state index contributed by atoms with van der Waals surface area (Å²) in [6.07, 6.45) is 1.82. The summed E-state index contributed by atoms with van der Waals surface area (Å²) in [5, 5.41) is 1.02. The summed E-state index contributed by atoms with van der Waals surface area (Å²) in [6.45, 7) is 8.29. The van der Waals surface area contributed by atoms with Gasteiger partial charge in [-0.1, -0.05) is 37.0 Å². The molecule has 0 N–H and O–H groups in total. The average molecular weight is 428 g/mol. The normalized spacial score (nSPS) is 13.9. The third kappa shape index (κ3) is 4.01. The minimum Gasteiger partial charge on any atom is -0.333 e. The van der Waals surface area contributed by atoms with Crippen molar-refractivity contribution in [2.24, 2.45) is 0 Å². The maximum absolute atomic E-state index is 12.9. The van der Waals surface area contributed by atoms with Crippen LogP contribution in [0.2, 0.25) is 10.0 Å². The van der Waals surface area contributed by atoms with Gasteiger partial charge in [-0.05, 0) is 61.4 Å². The molecule has 5 heteroatoms. The Labute approximate surface area is 145 Å². The van der Waals surface area contributed by atoms with Crippen LogP contribution < -0.4 is 0 Å². The van der Waals surface area contributed by atoms with Crippen molar-refractivity contribution in [3.63, 3.8) is 0 Å². The van der Waals surface area contributed by atoms with E-state index < -0.39 is 0 Å². The lowest BCUT2D eigenvalue weighted by atomic mass is 10.1. The fraction of sp³-hybridized carbons (Fsp3) is 0.533. The number of carbonyl (C=O) groups is 1. The highest BCUT2D eigenvalue weighted by atomic mass is 127. The zero-order valence-corrected chi connectivity index (χ0v) is 15.9. The highest BCUT2D eigenvalue weighted by molar-refractivity contribution is 14.1. The standard InChI is InChI=1S/C15H20Cl2INO/c1-5-9(3)19(10(4)6-2)15(20)12-7-11(16)8-13(18)14(12)17/h7-10H,5-6H2,1-4H3. The first-order valence-electron chi connectivity index (χ1n) is 6.80. The van der Waals surface area contributed by atoms with Crippen molar-refractivity contribution >= 4 is 51.7 Å². The first-order valence-corrected chi connectivity index (χ1v) is 8.64. The quantitative estimate of drug-likeness (QED) is 0.440.